The van der Waals surface area contributed by atoms with Gasteiger partial charge in [-0.15, -0.1) is 0 Å². The van der Waals surface area contributed by atoms with E-state index in [0.29, 0.717) is 23.5 Å². The second-order valence-electron chi connectivity index (χ2n) is 8.79. The third-order valence-corrected chi connectivity index (χ3v) is 5.60. The molecule has 0 spiro atoms. The van der Waals surface area contributed by atoms with Gasteiger partial charge in [-0.1, -0.05) is 6.07 Å². The van der Waals surface area contributed by atoms with Crippen molar-refractivity contribution >= 4 is 35.3 Å². The monoisotopic (exact) mass is 600 g/mol. The van der Waals surface area contributed by atoms with Gasteiger partial charge < -0.3 is 25.6 Å². The van der Waals surface area contributed by atoms with Crippen molar-refractivity contribution in [2.75, 3.05) is 23.7 Å². The van der Waals surface area contributed by atoms with Crippen LogP contribution in [-0.2, 0) is 11.0 Å². The summed E-state index contributed by atoms with van der Waals surface area (Å²) in [6.07, 6.45) is -6.83. The molecular weight excluding hydrogens is 578 g/mol. The fourth-order valence-electron chi connectivity index (χ4n) is 3.50. The summed E-state index contributed by atoms with van der Waals surface area (Å²) in [6, 6.07) is 6.53. The maximum Gasteiger partial charge on any atom is 0.490 e. The van der Waals surface area contributed by atoms with Crippen LogP contribution in [0.4, 0.5) is 47.3 Å². The molecule has 0 bridgehead atoms. The van der Waals surface area contributed by atoms with Crippen LogP contribution in [0.3, 0.4) is 0 Å². The van der Waals surface area contributed by atoms with Gasteiger partial charge in [0.05, 0.1) is 17.6 Å². The molecule has 1 aliphatic rings. The number of imide groups is 1. The predicted molar refractivity (Wildman–Crippen MR) is 135 cm³/mol. The zero-order valence-electron chi connectivity index (χ0n) is 21.7. The quantitative estimate of drug-likeness (QED) is 0.312. The number of urea groups is 2. The standard InChI is InChI=1S/C23H21F3N6O3.C2HF3O2/c1-13-3-4-17(10-19(13)30-22(35)32-6-5-27-21(32)34)29-20(33)15-7-16(23(24,25)26)9-18(8-15)31-11-14(2)28-12-31;3-2(4,5)1(6)7/h3-4,7-12H,5-6H2,1-2H3,(H,27,34)(H,29,33)(H,30,35);(H,6,7). The molecule has 1 fully saturated rings. The maximum absolute atomic E-state index is 13.5. The number of nitrogens with one attached hydrogen (secondary N) is 3. The van der Waals surface area contributed by atoms with Gasteiger partial charge in [-0.2, -0.15) is 26.3 Å². The van der Waals surface area contributed by atoms with Gasteiger partial charge in [0.1, 0.15) is 0 Å². The minimum Gasteiger partial charge on any atom is -0.475 e. The minimum atomic E-state index is -5.08. The number of alkyl halides is 6. The summed E-state index contributed by atoms with van der Waals surface area (Å²) in [5, 5.41) is 14.8. The Balaban J connectivity index is 0.000000616. The second-order valence-corrected chi connectivity index (χ2v) is 8.79. The molecule has 3 aromatic rings. The van der Waals surface area contributed by atoms with Crippen molar-refractivity contribution in [2.24, 2.45) is 0 Å². The summed E-state index contributed by atoms with van der Waals surface area (Å²) in [6.45, 7) is 3.98. The third-order valence-electron chi connectivity index (χ3n) is 5.60. The first kappa shape index (κ1) is 31.4. The lowest BCUT2D eigenvalue weighted by atomic mass is 10.1. The molecule has 0 unspecified atom stereocenters. The number of hydrogen-bond donors (Lipinski definition) is 4. The van der Waals surface area contributed by atoms with Crippen LogP contribution < -0.4 is 16.0 Å². The smallest absolute Gasteiger partial charge is 0.475 e. The first-order valence-electron chi connectivity index (χ1n) is 11.8. The molecule has 1 saturated heterocycles. The molecular formula is C25H22F6N6O5. The molecule has 1 aliphatic heterocycles. The first-order valence-corrected chi connectivity index (χ1v) is 11.8. The van der Waals surface area contributed by atoms with Crippen LogP contribution >= 0.6 is 0 Å². The number of carbonyl (C=O) groups excluding carboxylic acids is 3. The van der Waals surface area contributed by atoms with Crippen molar-refractivity contribution < 1.29 is 50.6 Å². The van der Waals surface area contributed by atoms with Crippen molar-refractivity contribution in [1.82, 2.24) is 19.8 Å². The Morgan fingerprint density at radius 3 is 2.19 bits per heavy atom. The lowest BCUT2D eigenvalue weighted by molar-refractivity contribution is -0.192. The van der Waals surface area contributed by atoms with Crippen molar-refractivity contribution in [3.05, 3.63) is 71.3 Å². The van der Waals surface area contributed by atoms with Crippen molar-refractivity contribution in [3.8, 4) is 5.69 Å². The molecule has 224 valence electrons. The number of rotatable bonds is 4. The average Bonchev–Trinajstić information content (AvgIpc) is 3.53. The number of hydrogen-bond acceptors (Lipinski definition) is 5. The van der Waals surface area contributed by atoms with Crippen LogP contribution in [0.1, 0.15) is 27.2 Å². The number of benzene rings is 2. The molecule has 17 heteroatoms. The molecule has 2 aromatic carbocycles. The summed E-state index contributed by atoms with van der Waals surface area (Å²) < 4.78 is 73.6. The summed E-state index contributed by atoms with van der Waals surface area (Å²) in [5.74, 6) is -3.53. The molecule has 4 rings (SSSR count). The lowest BCUT2D eigenvalue weighted by Crippen LogP contribution is -2.37. The van der Waals surface area contributed by atoms with Gasteiger partial charge in [-0.3, -0.25) is 4.79 Å². The van der Waals surface area contributed by atoms with Gasteiger partial charge in [-0.25, -0.2) is 24.3 Å². The zero-order chi connectivity index (χ0) is 31.4. The molecule has 2 heterocycles. The van der Waals surface area contributed by atoms with Gasteiger partial charge in [0.25, 0.3) is 5.91 Å². The fraction of sp³-hybridized carbons (Fsp3) is 0.240. The van der Waals surface area contributed by atoms with Crippen LogP contribution in [-0.4, -0.2) is 62.8 Å². The van der Waals surface area contributed by atoms with E-state index in [1.165, 1.54) is 23.0 Å². The lowest BCUT2D eigenvalue weighted by Gasteiger charge is -2.16. The van der Waals surface area contributed by atoms with Crippen LogP contribution in [0.5, 0.6) is 0 Å². The molecule has 42 heavy (non-hydrogen) atoms. The van der Waals surface area contributed by atoms with Crippen LogP contribution in [0.15, 0.2) is 48.9 Å². The number of carboxylic acids is 1. The number of aliphatic carboxylic acids is 1. The van der Waals surface area contributed by atoms with E-state index in [-0.39, 0.29) is 23.5 Å². The molecule has 0 atom stereocenters. The highest BCUT2D eigenvalue weighted by Crippen LogP contribution is 2.32. The SMILES string of the molecule is Cc1cn(-c2cc(C(=O)Nc3ccc(C)c(NC(=O)N4CCNC4=O)c3)cc(C(F)(F)F)c2)cn1.O=C(O)C(F)(F)F. The Morgan fingerprint density at radius 1 is 1.00 bits per heavy atom. The fourth-order valence-corrected chi connectivity index (χ4v) is 3.50. The Bertz CT molecular complexity index is 1520. The number of imidazole rings is 1. The highest BCUT2D eigenvalue weighted by Gasteiger charge is 2.38. The number of carbonyl (C=O) groups is 4. The molecule has 0 saturated carbocycles. The number of aryl methyl sites for hydroxylation is 2. The highest BCUT2D eigenvalue weighted by molar-refractivity contribution is 6.06. The number of anilines is 2. The zero-order valence-corrected chi connectivity index (χ0v) is 21.7. The molecule has 0 aliphatic carbocycles. The Labute approximate surface area is 233 Å². The summed E-state index contributed by atoms with van der Waals surface area (Å²) in [7, 11) is 0. The van der Waals surface area contributed by atoms with E-state index < -0.39 is 41.9 Å². The van der Waals surface area contributed by atoms with E-state index in [2.05, 4.69) is 20.9 Å². The van der Waals surface area contributed by atoms with Gasteiger partial charge in [0, 0.05) is 41.9 Å². The first-order chi connectivity index (χ1) is 19.5. The normalized spacial score (nSPS) is 13.1. The molecule has 0 radical (unpaired) electrons. The maximum atomic E-state index is 13.5. The third kappa shape index (κ3) is 7.98. The van der Waals surface area contributed by atoms with E-state index in [0.717, 1.165) is 17.0 Å². The van der Waals surface area contributed by atoms with Crippen LogP contribution in [0, 0.1) is 13.8 Å². The van der Waals surface area contributed by atoms with Gasteiger partial charge in [0.2, 0.25) is 0 Å². The molecule has 5 amide bonds. The van der Waals surface area contributed by atoms with E-state index in [9.17, 15) is 40.7 Å². The topological polar surface area (TPSA) is 146 Å². The van der Waals surface area contributed by atoms with Crippen LogP contribution in [0.25, 0.3) is 5.69 Å². The van der Waals surface area contributed by atoms with Gasteiger partial charge in [-0.05, 0) is 49.7 Å². The predicted octanol–water partition coefficient (Wildman–Crippen LogP) is 4.95. The molecule has 11 nitrogen and oxygen atoms in total. The largest absolute Gasteiger partial charge is 0.490 e. The van der Waals surface area contributed by atoms with Gasteiger partial charge >= 0.3 is 30.4 Å². The second kappa shape index (κ2) is 12.2. The van der Waals surface area contributed by atoms with E-state index in [1.54, 1.807) is 32.2 Å². The Hall–Kier alpha value is -5.09. The minimum absolute atomic E-state index is 0.131. The Kier molecular flexibility index (Phi) is 9.13. The Morgan fingerprint density at radius 2 is 1.67 bits per heavy atom. The van der Waals surface area contributed by atoms with Crippen molar-refractivity contribution in [2.45, 2.75) is 26.2 Å². The van der Waals surface area contributed by atoms with E-state index >= 15 is 0 Å². The molecule has 1 aromatic heterocycles. The van der Waals surface area contributed by atoms with Crippen LogP contribution in [0.2, 0.25) is 0 Å². The van der Waals surface area contributed by atoms with Crippen molar-refractivity contribution in [3.63, 3.8) is 0 Å². The number of halogens is 6. The van der Waals surface area contributed by atoms with Gasteiger partial charge in [0.15, 0.2) is 0 Å². The average molecular weight is 600 g/mol. The summed E-state index contributed by atoms with van der Waals surface area (Å²) in [4.78, 5) is 50.9. The number of aromatic nitrogens is 2. The molecule has 4 N–H and O–H groups in total. The van der Waals surface area contributed by atoms with Crippen molar-refractivity contribution in [1.29, 1.82) is 0 Å². The number of carboxylic acid groups (broad SMARTS) is 1. The highest BCUT2D eigenvalue weighted by atomic mass is 19.4. The van der Waals surface area contributed by atoms with E-state index in [1.807, 2.05) is 0 Å². The number of amides is 5. The summed E-state index contributed by atoms with van der Waals surface area (Å²) >= 11 is 0. The summed E-state index contributed by atoms with van der Waals surface area (Å²) in [5.41, 5.74) is 0.798. The number of nitrogens with zero attached hydrogens (tertiary/aromatic N) is 3. The van der Waals surface area contributed by atoms with E-state index in [4.69, 9.17) is 9.90 Å².